The molecule has 1 rings (SSSR count). The van der Waals surface area contributed by atoms with E-state index in [9.17, 15) is 14.9 Å². The molecule has 118 valence electrons. The molecule has 7 heteroatoms. The van der Waals surface area contributed by atoms with Gasteiger partial charge in [0.25, 0.3) is 5.69 Å². The predicted octanol–water partition coefficient (Wildman–Crippen LogP) is 2.19. The molecule has 0 fully saturated rings. The molecule has 0 saturated carbocycles. The number of nitro benzene ring substituents is 1. The van der Waals surface area contributed by atoms with Gasteiger partial charge in [0.15, 0.2) is 0 Å². The molecular weight excluding hydrogens is 294 g/mol. The van der Waals surface area contributed by atoms with E-state index in [1.165, 1.54) is 12.1 Å². The van der Waals surface area contributed by atoms with Crippen LogP contribution in [0.1, 0.15) is 31.7 Å². The number of nitrogens with zero attached hydrogens (tertiary/aromatic N) is 1. The summed E-state index contributed by atoms with van der Waals surface area (Å²) in [4.78, 5) is 22.1. The van der Waals surface area contributed by atoms with Gasteiger partial charge < -0.3 is 11.1 Å². The first-order valence-corrected chi connectivity index (χ1v) is 6.79. The largest absolute Gasteiger partial charge is 0.352 e. The molecule has 0 spiro atoms. The van der Waals surface area contributed by atoms with Gasteiger partial charge >= 0.3 is 0 Å². The molecule has 0 aromatic heterocycles. The summed E-state index contributed by atoms with van der Waals surface area (Å²) in [5.74, 6) is -0.156. The SMILES string of the molecule is CCCCC(CN)NC(=O)Cc1cccc([N+](=O)[O-])c1.Cl. The average molecular weight is 316 g/mol. The van der Waals surface area contributed by atoms with Crippen molar-refractivity contribution in [2.24, 2.45) is 5.73 Å². The smallest absolute Gasteiger partial charge is 0.269 e. The third-order valence-electron chi connectivity index (χ3n) is 3.04. The number of rotatable bonds is 8. The summed E-state index contributed by atoms with van der Waals surface area (Å²) < 4.78 is 0. The number of hydrogen-bond acceptors (Lipinski definition) is 4. The van der Waals surface area contributed by atoms with E-state index in [2.05, 4.69) is 12.2 Å². The lowest BCUT2D eigenvalue weighted by Crippen LogP contribution is -2.40. The fourth-order valence-corrected chi connectivity index (χ4v) is 1.94. The zero-order valence-corrected chi connectivity index (χ0v) is 12.9. The van der Waals surface area contributed by atoms with Crippen LogP contribution in [0.3, 0.4) is 0 Å². The Morgan fingerprint density at radius 1 is 1.48 bits per heavy atom. The van der Waals surface area contributed by atoms with Crippen molar-refractivity contribution >= 4 is 24.0 Å². The molecule has 1 atom stereocenters. The van der Waals surface area contributed by atoms with E-state index in [0.717, 1.165) is 19.3 Å². The quantitative estimate of drug-likeness (QED) is 0.567. The summed E-state index contributed by atoms with van der Waals surface area (Å²) in [5.41, 5.74) is 6.24. The number of nitrogens with one attached hydrogen (secondary N) is 1. The van der Waals surface area contributed by atoms with E-state index in [1.807, 2.05) is 0 Å². The van der Waals surface area contributed by atoms with Crippen LogP contribution in [0.15, 0.2) is 24.3 Å². The Hall–Kier alpha value is -1.66. The molecule has 0 saturated heterocycles. The standard InChI is InChI=1S/C14H21N3O3.ClH/c1-2-3-6-12(10-15)16-14(18)9-11-5-4-7-13(8-11)17(19)20;/h4-5,7-8,12H,2-3,6,9-10,15H2,1H3,(H,16,18);1H. The van der Waals surface area contributed by atoms with Crippen LogP contribution in [0.4, 0.5) is 5.69 Å². The van der Waals surface area contributed by atoms with E-state index in [-0.39, 0.29) is 36.5 Å². The van der Waals surface area contributed by atoms with Crippen molar-refractivity contribution in [1.82, 2.24) is 5.32 Å². The van der Waals surface area contributed by atoms with Crippen molar-refractivity contribution in [3.8, 4) is 0 Å². The highest BCUT2D eigenvalue weighted by atomic mass is 35.5. The fraction of sp³-hybridized carbons (Fsp3) is 0.500. The number of unbranched alkanes of at least 4 members (excludes halogenated alkanes) is 1. The van der Waals surface area contributed by atoms with Crippen LogP contribution in [0.5, 0.6) is 0 Å². The summed E-state index contributed by atoms with van der Waals surface area (Å²) in [5, 5.41) is 13.5. The first-order valence-electron chi connectivity index (χ1n) is 6.79. The molecule has 0 aliphatic heterocycles. The second-order valence-corrected chi connectivity index (χ2v) is 4.75. The highest BCUT2D eigenvalue weighted by Gasteiger charge is 2.12. The molecule has 1 aromatic carbocycles. The normalized spacial score (nSPS) is 11.3. The van der Waals surface area contributed by atoms with Gasteiger partial charge in [-0.15, -0.1) is 12.4 Å². The lowest BCUT2D eigenvalue weighted by Gasteiger charge is -2.16. The third kappa shape index (κ3) is 7.06. The lowest BCUT2D eigenvalue weighted by molar-refractivity contribution is -0.384. The van der Waals surface area contributed by atoms with Crippen molar-refractivity contribution in [3.05, 3.63) is 39.9 Å². The number of halogens is 1. The molecule has 21 heavy (non-hydrogen) atoms. The number of benzene rings is 1. The summed E-state index contributed by atoms with van der Waals surface area (Å²) in [6.45, 7) is 2.49. The maximum atomic E-state index is 11.9. The minimum Gasteiger partial charge on any atom is -0.352 e. The Labute approximate surface area is 130 Å². The molecule has 0 heterocycles. The van der Waals surface area contributed by atoms with Gasteiger partial charge in [0.2, 0.25) is 5.91 Å². The Balaban J connectivity index is 0.00000400. The predicted molar refractivity (Wildman–Crippen MR) is 84.6 cm³/mol. The molecule has 1 unspecified atom stereocenters. The Bertz CT molecular complexity index is 469. The maximum Gasteiger partial charge on any atom is 0.269 e. The van der Waals surface area contributed by atoms with Crippen LogP contribution in [0, 0.1) is 10.1 Å². The van der Waals surface area contributed by atoms with Gasteiger partial charge in [-0.05, 0) is 12.0 Å². The molecule has 3 N–H and O–H groups in total. The van der Waals surface area contributed by atoms with Gasteiger partial charge in [0.1, 0.15) is 0 Å². The Kier molecular flexibility index (Phi) is 9.32. The molecule has 0 aliphatic rings. The van der Waals surface area contributed by atoms with Crippen LogP contribution >= 0.6 is 12.4 Å². The Morgan fingerprint density at radius 2 is 2.19 bits per heavy atom. The lowest BCUT2D eigenvalue weighted by atomic mass is 10.1. The topological polar surface area (TPSA) is 98.3 Å². The number of carbonyl (C=O) groups is 1. The summed E-state index contributed by atoms with van der Waals surface area (Å²) in [6.07, 6.45) is 3.05. The molecule has 0 aliphatic carbocycles. The zero-order chi connectivity index (χ0) is 15.0. The van der Waals surface area contributed by atoms with Crippen molar-refractivity contribution in [2.75, 3.05) is 6.54 Å². The van der Waals surface area contributed by atoms with Gasteiger partial charge in [0, 0.05) is 24.7 Å². The van der Waals surface area contributed by atoms with E-state index < -0.39 is 4.92 Å². The number of non-ortho nitro benzene ring substituents is 1. The van der Waals surface area contributed by atoms with E-state index >= 15 is 0 Å². The number of carbonyl (C=O) groups excluding carboxylic acids is 1. The van der Waals surface area contributed by atoms with Gasteiger partial charge in [-0.1, -0.05) is 31.9 Å². The summed E-state index contributed by atoms with van der Waals surface area (Å²) >= 11 is 0. The van der Waals surface area contributed by atoms with Crippen LogP contribution in [0.2, 0.25) is 0 Å². The first-order chi connectivity index (χ1) is 9.56. The molecule has 6 nitrogen and oxygen atoms in total. The zero-order valence-electron chi connectivity index (χ0n) is 12.1. The summed E-state index contributed by atoms with van der Waals surface area (Å²) in [6, 6.07) is 6.09. The molecule has 0 radical (unpaired) electrons. The highest BCUT2D eigenvalue weighted by molar-refractivity contribution is 5.85. The van der Waals surface area contributed by atoms with Crippen LogP contribution in [-0.4, -0.2) is 23.4 Å². The minimum absolute atomic E-state index is 0. The van der Waals surface area contributed by atoms with Gasteiger partial charge in [-0.3, -0.25) is 14.9 Å². The minimum atomic E-state index is -0.467. The van der Waals surface area contributed by atoms with Gasteiger partial charge in [0.05, 0.1) is 11.3 Å². The third-order valence-corrected chi connectivity index (χ3v) is 3.04. The molecule has 1 aromatic rings. The van der Waals surface area contributed by atoms with Crippen molar-refractivity contribution in [2.45, 2.75) is 38.6 Å². The molecule has 0 bridgehead atoms. The van der Waals surface area contributed by atoms with E-state index in [1.54, 1.807) is 12.1 Å². The second kappa shape index (κ2) is 10.1. The monoisotopic (exact) mass is 315 g/mol. The second-order valence-electron chi connectivity index (χ2n) is 4.75. The fourth-order valence-electron chi connectivity index (χ4n) is 1.94. The summed E-state index contributed by atoms with van der Waals surface area (Å²) in [7, 11) is 0. The van der Waals surface area contributed by atoms with E-state index in [0.29, 0.717) is 12.1 Å². The Morgan fingerprint density at radius 3 is 2.76 bits per heavy atom. The maximum absolute atomic E-state index is 11.9. The number of amides is 1. The number of nitro groups is 1. The van der Waals surface area contributed by atoms with Crippen molar-refractivity contribution in [1.29, 1.82) is 0 Å². The molecule has 1 amide bonds. The average Bonchev–Trinajstić information content (AvgIpc) is 2.43. The van der Waals surface area contributed by atoms with Gasteiger partial charge in [-0.25, -0.2) is 0 Å². The van der Waals surface area contributed by atoms with Crippen molar-refractivity contribution < 1.29 is 9.72 Å². The number of nitrogens with two attached hydrogens (primary N) is 1. The van der Waals surface area contributed by atoms with Crippen LogP contribution in [0.25, 0.3) is 0 Å². The van der Waals surface area contributed by atoms with Crippen LogP contribution < -0.4 is 11.1 Å². The van der Waals surface area contributed by atoms with Gasteiger partial charge in [-0.2, -0.15) is 0 Å². The highest BCUT2D eigenvalue weighted by Crippen LogP contribution is 2.13. The van der Waals surface area contributed by atoms with Crippen molar-refractivity contribution in [3.63, 3.8) is 0 Å². The molecular formula is C14H22ClN3O3. The van der Waals surface area contributed by atoms with Crippen LogP contribution in [-0.2, 0) is 11.2 Å². The first kappa shape index (κ1) is 19.3. The van der Waals surface area contributed by atoms with E-state index in [4.69, 9.17) is 5.73 Å². The number of hydrogen-bond donors (Lipinski definition) is 2.